The van der Waals surface area contributed by atoms with Crippen molar-refractivity contribution in [2.45, 2.75) is 27.3 Å². The lowest BCUT2D eigenvalue weighted by Gasteiger charge is -2.20. The molecule has 2 aromatic rings. The third-order valence-electron chi connectivity index (χ3n) is 3.65. The van der Waals surface area contributed by atoms with E-state index < -0.39 is 0 Å². The lowest BCUT2D eigenvalue weighted by molar-refractivity contribution is 0.0725. The minimum absolute atomic E-state index is 0.108. The van der Waals surface area contributed by atoms with Gasteiger partial charge in [-0.15, -0.1) is 0 Å². The maximum absolute atomic E-state index is 12.8. The van der Waals surface area contributed by atoms with Crippen LogP contribution in [-0.2, 0) is 6.54 Å². The van der Waals surface area contributed by atoms with Crippen LogP contribution < -0.4 is 5.56 Å². The van der Waals surface area contributed by atoms with Crippen LogP contribution in [0.25, 0.3) is 10.8 Å². The van der Waals surface area contributed by atoms with Crippen molar-refractivity contribution in [2.24, 2.45) is 5.92 Å². The van der Waals surface area contributed by atoms with Gasteiger partial charge in [-0.3, -0.25) is 9.59 Å². The standard InChI is InChI=1S/C17H23N3O3/c1-4-19(9-10-21)17(23)15-13-7-5-6-8-14(13)16(22)20(18-15)11-12(2)3/h5-8,12,21H,4,9-11H2,1-3H3. The molecular formula is C17H23N3O3. The average Bonchev–Trinajstić information content (AvgIpc) is 2.54. The molecule has 1 heterocycles. The second-order valence-corrected chi connectivity index (χ2v) is 5.88. The molecule has 0 spiro atoms. The zero-order valence-electron chi connectivity index (χ0n) is 13.8. The normalized spacial score (nSPS) is 11.2. The van der Waals surface area contributed by atoms with Crippen molar-refractivity contribution in [3.63, 3.8) is 0 Å². The fourth-order valence-electron chi connectivity index (χ4n) is 2.54. The molecule has 1 aromatic heterocycles. The highest BCUT2D eigenvalue weighted by Gasteiger charge is 2.21. The van der Waals surface area contributed by atoms with E-state index in [0.717, 1.165) is 0 Å². The predicted molar refractivity (Wildman–Crippen MR) is 89.5 cm³/mol. The molecule has 2 rings (SSSR count). The SMILES string of the molecule is CCN(CCO)C(=O)c1nn(CC(C)C)c(=O)c2ccccc12. The number of aliphatic hydroxyl groups is 1. The van der Waals surface area contributed by atoms with E-state index in [9.17, 15) is 9.59 Å². The Hall–Kier alpha value is -2.21. The first-order chi connectivity index (χ1) is 11.0. The van der Waals surface area contributed by atoms with Gasteiger partial charge in [-0.2, -0.15) is 5.10 Å². The van der Waals surface area contributed by atoms with Crippen LogP contribution in [0.4, 0.5) is 0 Å². The van der Waals surface area contributed by atoms with Crippen LogP contribution in [0.3, 0.4) is 0 Å². The predicted octanol–water partition coefficient (Wildman–Crippen LogP) is 1.51. The van der Waals surface area contributed by atoms with Crippen LogP contribution in [0.2, 0.25) is 0 Å². The van der Waals surface area contributed by atoms with Crippen LogP contribution in [0.5, 0.6) is 0 Å². The van der Waals surface area contributed by atoms with Gasteiger partial charge in [0.15, 0.2) is 5.69 Å². The van der Waals surface area contributed by atoms with E-state index in [2.05, 4.69) is 5.10 Å². The van der Waals surface area contributed by atoms with E-state index in [4.69, 9.17) is 5.11 Å². The Kier molecular flexibility index (Phi) is 5.50. The Morgan fingerprint density at radius 3 is 2.52 bits per heavy atom. The molecule has 0 saturated carbocycles. The van der Waals surface area contributed by atoms with Crippen LogP contribution in [0.1, 0.15) is 31.3 Å². The van der Waals surface area contributed by atoms with E-state index in [1.165, 1.54) is 9.58 Å². The van der Waals surface area contributed by atoms with Gasteiger partial charge in [0.1, 0.15) is 0 Å². The third kappa shape index (κ3) is 3.59. The summed E-state index contributed by atoms with van der Waals surface area (Å²) in [4.78, 5) is 26.8. The van der Waals surface area contributed by atoms with Crippen molar-refractivity contribution in [3.8, 4) is 0 Å². The summed E-state index contributed by atoms with van der Waals surface area (Å²) >= 11 is 0. The molecule has 0 bridgehead atoms. The summed E-state index contributed by atoms with van der Waals surface area (Å²) in [6.45, 7) is 6.90. The van der Waals surface area contributed by atoms with Crippen molar-refractivity contribution >= 4 is 16.7 Å². The van der Waals surface area contributed by atoms with E-state index in [1.54, 1.807) is 24.3 Å². The smallest absolute Gasteiger partial charge is 0.275 e. The minimum atomic E-state index is -0.268. The second kappa shape index (κ2) is 7.37. The second-order valence-electron chi connectivity index (χ2n) is 5.88. The number of carbonyl (C=O) groups is 1. The Morgan fingerprint density at radius 1 is 1.30 bits per heavy atom. The number of hydrogen-bond acceptors (Lipinski definition) is 4. The summed E-state index contributed by atoms with van der Waals surface area (Å²) in [6.07, 6.45) is 0. The Bertz CT molecular complexity index is 752. The van der Waals surface area contributed by atoms with Gasteiger partial charge >= 0.3 is 0 Å². The van der Waals surface area contributed by atoms with Crippen molar-refractivity contribution in [1.29, 1.82) is 0 Å². The Labute approximate surface area is 135 Å². The number of carbonyl (C=O) groups excluding carboxylic acids is 1. The first kappa shape index (κ1) is 17.1. The molecule has 0 aliphatic carbocycles. The van der Waals surface area contributed by atoms with Gasteiger partial charge in [-0.05, 0) is 18.9 Å². The number of fused-ring (bicyclic) bond motifs is 1. The van der Waals surface area contributed by atoms with Crippen LogP contribution >= 0.6 is 0 Å². The molecule has 0 atom stereocenters. The van der Waals surface area contributed by atoms with E-state index in [1.807, 2.05) is 20.8 Å². The molecule has 23 heavy (non-hydrogen) atoms. The molecule has 0 aliphatic heterocycles. The molecule has 124 valence electrons. The van der Waals surface area contributed by atoms with Crippen LogP contribution in [-0.4, -0.2) is 45.4 Å². The molecule has 6 nitrogen and oxygen atoms in total. The quantitative estimate of drug-likeness (QED) is 0.876. The first-order valence-corrected chi connectivity index (χ1v) is 7.89. The number of hydrogen-bond donors (Lipinski definition) is 1. The van der Waals surface area contributed by atoms with E-state index in [-0.39, 0.29) is 36.2 Å². The van der Waals surface area contributed by atoms with Gasteiger partial charge in [0, 0.05) is 25.0 Å². The van der Waals surface area contributed by atoms with Crippen LogP contribution in [0.15, 0.2) is 29.1 Å². The molecule has 1 N–H and O–H groups in total. The first-order valence-electron chi connectivity index (χ1n) is 7.89. The molecule has 0 aliphatic rings. The Morgan fingerprint density at radius 2 is 1.96 bits per heavy atom. The van der Waals surface area contributed by atoms with Crippen LogP contribution in [0, 0.1) is 5.92 Å². The van der Waals surface area contributed by atoms with E-state index >= 15 is 0 Å². The van der Waals surface area contributed by atoms with Crippen molar-refractivity contribution in [1.82, 2.24) is 14.7 Å². The third-order valence-corrected chi connectivity index (χ3v) is 3.65. The average molecular weight is 317 g/mol. The largest absolute Gasteiger partial charge is 0.395 e. The highest BCUT2D eigenvalue weighted by atomic mass is 16.3. The van der Waals surface area contributed by atoms with Gasteiger partial charge in [0.2, 0.25) is 0 Å². The number of nitrogens with zero attached hydrogens (tertiary/aromatic N) is 3. The molecule has 0 radical (unpaired) electrons. The number of rotatable bonds is 6. The number of benzene rings is 1. The maximum atomic E-state index is 12.8. The summed E-state index contributed by atoms with van der Waals surface area (Å²) in [7, 11) is 0. The van der Waals surface area contributed by atoms with Crippen molar-refractivity contribution in [3.05, 3.63) is 40.3 Å². The van der Waals surface area contributed by atoms with Gasteiger partial charge in [0.25, 0.3) is 11.5 Å². The zero-order valence-corrected chi connectivity index (χ0v) is 13.8. The highest BCUT2D eigenvalue weighted by molar-refractivity contribution is 6.04. The summed E-state index contributed by atoms with van der Waals surface area (Å²) in [5.74, 6) is -0.0284. The highest BCUT2D eigenvalue weighted by Crippen LogP contribution is 2.15. The fourth-order valence-corrected chi connectivity index (χ4v) is 2.54. The van der Waals surface area contributed by atoms with Crippen molar-refractivity contribution < 1.29 is 9.90 Å². The molecule has 1 amide bonds. The number of likely N-dealkylation sites (N-methyl/N-ethyl adjacent to an activating group) is 1. The topological polar surface area (TPSA) is 75.4 Å². The maximum Gasteiger partial charge on any atom is 0.275 e. The fraction of sp³-hybridized carbons (Fsp3) is 0.471. The monoisotopic (exact) mass is 317 g/mol. The lowest BCUT2D eigenvalue weighted by Crippen LogP contribution is -2.36. The Balaban J connectivity index is 2.64. The van der Waals surface area contributed by atoms with Gasteiger partial charge in [-0.1, -0.05) is 32.0 Å². The van der Waals surface area contributed by atoms with Crippen molar-refractivity contribution in [2.75, 3.05) is 19.7 Å². The zero-order chi connectivity index (χ0) is 17.0. The van der Waals surface area contributed by atoms with Gasteiger partial charge < -0.3 is 10.0 Å². The number of aromatic nitrogens is 2. The number of amides is 1. The molecule has 6 heteroatoms. The van der Waals surface area contributed by atoms with E-state index in [0.29, 0.717) is 23.9 Å². The molecule has 0 unspecified atom stereocenters. The van der Waals surface area contributed by atoms with Gasteiger partial charge in [0.05, 0.1) is 12.0 Å². The molecule has 1 aromatic carbocycles. The summed E-state index contributed by atoms with van der Waals surface area (Å²) in [5.41, 5.74) is 0.0761. The minimum Gasteiger partial charge on any atom is -0.395 e. The summed E-state index contributed by atoms with van der Waals surface area (Å²) in [6, 6.07) is 7.02. The molecule has 0 fully saturated rings. The lowest BCUT2D eigenvalue weighted by atomic mass is 10.1. The number of aliphatic hydroxyl groups excluding tert-OH is 1. The summed E-state index contributed by atoms with van der Waals surface area (Å²) in [5, 5.41) is 14.5. The van der Waals surface area contributed by atoms with Gasteiger partial charge in [-0.25, -0.2) is 4.68 Å². The molecular weight excluding hydrogens is 294 g/mol. The molecule has 0 saturated heterocycles. The summed E-state index contributed by atoms with van der Waals surface area (Å²) < 4.78 is 1.37.